The fraction of sp³-hybridized carbons (Fsp3) is 0.250. The van der Waals surface area contributed by atoms with E-state index in [1.807, 2.05) is 6.92 Å². The smallest absolute Gasteiger partial charge is 0.288 e. The minimum atomic E-state index is -0.634. The maximum atomic E-state index is 12.0. The van der Waals surface area contributed by atoms with Crippen molar-refractivity contribution in [1.82, 2.24) is 20.1 Å². The minimum Gasteiger partial charge on any atom is -0.348 e. The SMILES string of the molecule is Cc1c(CNC(=O)c2cc([N+](=O)[O-])cnc2Cl)cnn1C. The van der Waals surface area contributed by atoms with Crippen molar-refractivity contribution in [2.75, 3.05) is 0 Å². The predicted molar refractivity (Wildman–Crippen MR) is 75.0 cm³/mol. The molecule has 0 aliphatic rings. The van der Waals surface area contributed by atoms with Crippen LogP contribution in [0.1, 0.15) is 21.6 Å². The highest BCUT2D eigenvalue weighted by atomic mass is 35.5. The fourth-order valence-electron chi connectivity index (χ4n) is 1.68. The van der Waals surface area contributed by atoms with Gasteiger partial charge < -0.3 is 5.32 Å². The maximum absolute atomic E-state index is 12.0. The summed E-state index contributed by atoms with van der Waals surface area (Å²) in [6, 6.07) is 1.10. The number of carbonyl (C=O) groups is 1. The second-order valence-electron chi connectivity index (χ2n) is 4.35. The van der Waals surface area contributed by atoms with E-state index in [4.69, 9.17) is 11.6 Å². The van der Waals surface area contributed by atoms with Crippen molar-refractivity contribution in [3.05, 3.63) is 50.5 Å². The van der Waals surface area contributed by atoms with Gasteiger partial charge in [-0.25, -0.2) is 4.98 Å². The number of aryl methyl sites for hydroxylation is 1. The number of nitro groups is 1. The number of amides is 1. The zero-order chi connectivity index (χ0) is 15.6. The van der Waals surface area contributed by atoms with E-state index < -0.39 is 10.8 Å². The van der Waals surface area contributed by atoms with E-state index in [2.05, 4.69) is 15.4 Å². The maximum Gasteiger partial charge on any atom is 0.288 e. The normalized spacial score (nSPS) is 10.4. The molecule has 0 saturated heterocycles. The Labute approximate surface area is 124 Å². The molecule has 1 N–H and O–H groups in total. The molecule has 2 aromatic rings. The summed E-state index contributed by atoms with van der Waals surface area (Å²) in [5.74, 6) is -0.528. The first-order chi connectivity index (χ1) is 9.90. The number of nitrogens with zero attached hydrogens (tertiary/aromatic N) is 4. The molecule has 8 nitrogen and oxygen atoms in total. The zero-order valence-electron chi connectivity index (χ0n) is 11.3. The monoisotopic (exact) mass is 309 g/mol. The molecule has 0 aliphatic carbocycles. The number of rotatable bonds is 4. The van der Waals surface area contributed by atoms with E-state index >= 15 is 0 Å². The standard InChI is InChI=1S/C12H12ClN5O3/c1-7-8(5-16-17(7)2)4-15-12(19)10-3-9(18(20)21)6-14-11(10)13/h3,5-6H,4H2,1-2H3,(H,15,19). The molecule has 0 radical (unpaired) electrons. The first-order valence-corrected chi connectivity index (χ1v) is 6.33. The van der Waals surface area contributed by atoms with Crippen LogP contribution in [0.2, 0.25) is 5.15 Å². The largest absolute Gasteiger partial charge is 0.348 e. The van der Waals surface area contributed by atoms with E-state index in [0.717, 1.165) is 23.5 Å². The predicted octanol–water partition coefficient (Wildman–Crippen LogP) is 1.62. The van der Waals surface area contributed by atoms with E-state index in [-0.39, 0.29) is 22.9 Å². The molecule has 110 valence electrons. The topological polar surface area (TPSA) is 103 Å². The summed E-state index contributed by atoms with van der Waals surface area (Å²) < 4.78 is 1.68. The molecule has 0 saturated carbocycles. The van der Waals surface area contributed by atoms with Crippen LogP contribution in [-0.2, 0) is 13.6 Å². The molecular formula is C12H12ClN5O3. The summed E-state index contributed by atoms with van der Waals surface area (Å²) in [5.41, 5.74) is 1.44. The van der Waals surface area contributed by atoms with Gasteiger partial charge >= 0.3 is 0 Å². The molecule has 0 atom stereocenters. The lowest BCUT2D eigenvalue weighted by Crippen LogP contribution is -2.23. The van der Waals surface area contributed by atoms with Gasteiger partial charge in [-0.15, -0.1) is 0 Å². The van der Waals surface area contributed by atoms with Crippen molar-refractivity contribution >= 4 is 23.2 Å². The number of carbonyl (C=O) groups excluding carboxylic acids is 1. The summed E-state index contributed by atoms with van der Waals surface area (Å²) in [4.78, 5) is 25.8. The van der Waals surface area contributed by atoms with Gasteiger partial charge in [0, 0.05) is 30.9 Å². The number of aromatic nitrogens is 3. The second kappa shape index (κ2) is 5.88. The van der Waals surface area contributed by atoms with E-state index in [1.165, 1.54) is 0 Å². The van der Waals surface area contributed by atoms with E-state index in [0.29, 0.717) is 0 Å². The van der Waals surface area contributed by atoms with Crippen LogP contribution in [0.5, 0.6) is 0 Å². The van der Waals surface area contributed by atoms with Crippen LogP contribution in [0.4, 0.5) is 5.69 Å². The van der Waals surface area contributed by atoms with Gasteiger partial charge in [-0.2, -0.15) is 5.10 Å². The Kier molecular flexibility index (Phi) is 4.18. The Morgan fingerprint density at radius 2 is 2.24 bits per heavy atom. The lowest BCUT2D eigenvalue weighted by atomic mass is 10.2. The third kappa shape index (κ3) is 3.16. The van der Waals surface area contributed by atoms with Crippen LogP contribution in [0.15, 0.2) is 18.5 Å². The molecular weight excluding hydrogens is 298 g/mol. The average Bonchev–Trinajstić information content (AvgIpc) is 2.76. The van der Waals surface area contributed by atoms with Crippen molar-refractivity contribution in [3.63, 3.8) is 0 Å². The van der Waals surface area contributed by atoms with Crippen molar-refractivity contribution < 1.29 is 9.72 Å². The number of nitrogens with one attached hydrogen (secondary N) is 1. The molecule has 21 heavy (non-hydrogen) atoms. The highest BCUT2D eigenvalue weighted by Crippen LogP contribution is 2.19. The Morgan fingerprint density at radius 3 is 2.81 bits per heavy atom. The highest BCUT2D eigenvalue weighted by molar-refractivity contribution is 6.32. The third-order valence-corrected chi connectivity index (χ3v) is 3.36. The third-order valence-electron chi connectivity index (χ3n) is 3.06. The van der Waals surface area contributed by atoms with Gasteiger partial charge in [0.1, 0.15) is 11.3 Å². The lowest BCUT2D eigenvalue weighted by molar-refractivity contribution is -0.385. The van der Waals surface area contributed by atoms with Crippen LogP contribution in [0.25, 0.3) is 0 Å². The number of hydrogen-bond acceptors (Lipinski definition) is 5. The molecule has 2 heterocycles. The van der Waals surface area contributed by atoms with Gasteiger partial charge in [0.05, 0.1) is 16.7 Å². The number of pyridine rings is 1. The average molecular weight is 310 g/mol. The Bertz CT molecular complexity index is 713. The van der Waals surface area contributed by atoms with Crippen molar-refractivity contribution in [3.8, 4) is 0 Å². The van der Waals surface area contributed by atoms with Gasteiger partial charge in [-0.3, -0.25) is 19.6 Å². The number of hydrogen-bond donors (Lipinski definition) is 1. The number of halogens is 1. The summed E-state index contributed by atoms with van der Waals surface area (Å²) in [6.07, 6.45) is 2.65. The van der Waals surface area contributed by atoms with E-state index in [1.54, 1.807) is 17.9 Å². The molecule has 2 aromatic heterocycles. The summed E-state index contributed by atoms with van der Waals surface area (Å²) in [7, 11) is 1.79. The van der Waals surface area contributed by atoms with Crippen molar-refractivity contribution in [2.45, 2.75) is 13.5 Å². The van der Waals surface area contributed by atoms with Crippen LogP contribution < -0.4 is 5.32 Å². The Hall–Kier alpha value is -2.48. The molecule has 0 spiro atoms. The first kappa shape index (κ1) is 14.9. The quantitative estimate of drug-likeness (QED) is 0.525. The summed E-state index contributed by atoms with van der Waals surface area (Å²) in [5, 5.41) is 17.3. The van der Waals surface area contributed by atoms with Gasteiger partial charge in [-0.1, -0.05) is 11.6 Å². The molecule has 0 aromatic carbocycles. The Morgan fingerprint density at radius 1 is 1.52 bits per heavy atom. The van der Waals surface area contributed by atoms with Crippen LogP contribution >= 0.6 is 11.6 Å². The summed E-state index contributed by atoms with van der Waals surface area (Å²) in [6.45, 7) is 2.12. The zero-order valence-corrected chi connectivity index (χ0v) is 12.1. The van der Waals surface area contributed by atoms with Crippen molar-refractivity contribution in [2.24, 2.45) is 7.05 Å². The van der Waals surface area contributed by atoms with Gasteiger partial charge in [0.15, 0.2) is 0 Å². The molecule has 0 bridgehead atoms. The molecule has 1 amide bonds. The minimum absolute atomic E-state index is 0.0348. The van der Waals surface area contributed by atoms with E-state index in [9.17, 15) is 14.9 Å². The van der Waals surface area contributed by atoms with Gasteiger partial charge in [0.25, 0.3) is 11.6 Å². The van der Waals surface area contributed by atoms with Gasteiger partial charge in [0.2, 0.25) is 0 Å². The molecule has 0 fully saturated rings. The van der Waals surface area contributed by atoms with Crippen LogP contribution in [0.3, 0.4) is 0 Å². The molecule has 2 rings (SSSR count). The van der Waals surface area contributed by atoms with Crippen molar-refractivity contribution in [1.29, 1.82) is 0 Å². The molecule has 0 unspecified atom stereocenters. The second-order valence-corrected chi connectivity index (χ2v) is 4.71. The summed E-state index contributed by atoms with van der Waals surface area (Å²) >= 11 is 5.80. The highest BCUT2D eigenvalue weighted by Gasteiger charge is 2.17. The van der Waals surface area contributed by atoms with Crippen LogP contribution in [-0.4, -0.2) is 25.6 Å². The fourth-order valence-corrected chi connectivity index (χ4v) is 1.87. The Balaban J connectivity index is 2.15. The first-order valence-electron chi connectivity index (χ1n) is 5.95. The van der Waals surface area contributed by atoms with Gasteiger partial charge in [-0.05, 0) is 6.92 Å². The van der Waals surface area contributed by atoms with Crippen LogP contribution in [0, 0.1) is 17.0 Å². The lowest BCUT2D eigenvalue weighted by Gasteiger charge is -2.06. The molecule has 0 aliphatic heterocycles. The molecule has 9 heteroatoms.